The highest BCUT2D eigenvalue weighted by molar-refractivity contribution is 5.88. The molecule has 1 unspecified atom stereocenters. The number of carbonyl (C=O) groups is 4. The van der Waals surface area contributed by atoms with E-state index in [0.29, 0.717) is 13.0 Å². The van der Waals surface area contributed by atoms with Crippen LogP contribution in [-0.4, -0.2) is 60.0 Å². The number of hydrogen-bond acceptors (Lipinski definition) is 5. The van der Waals surface area contributed by atoms with Crippen LogP contribution in [-0.2, 0) is 23.9 Å². The molecular weight excluding hydrogens is 328 g/mol. The number of nitrogens with one attached hydrogen (secondary N) is 1. The molecule has 8 heteroatoms. The summed E-state index contributed by atoms with van der Waals surface area (Å²) in [6, 6.07) is -0.667. The molecule has 0 aliphatic rings. The average Bonchev–Trinajstić information content (AvgIpc) is 2.52. The summed E-state index contributed by atoms with van der Waals surface area (Å²) in [6.45, 7) is 6.10. The van der Waals surface area contributed by atoms with Gasteiger partial charge in [0, 0.05) is 32.4 Å². The van der Waals surface area contributed by atoms with E-state index in [4.69, 9.17) is 5.11 Å². The Morgan fingerprint density at radius 2 is 1.72 bits per heavy atom. The first-order valence-electron chi connectivity index (χ1n) is 8.60. The van der Waals surface area contributed by atoms with Gasteiger partial charge in [-0.05, 0) is 25.7 Å². The molecule has 8 nitrogen and oxygen atoms in total. The van der Waals surface area contributed by atoms with Crippen molar-refractivity contribution in [2.75, 3.05) is 20.2 Å². The molecule has 144 valence electrons. The van der Waals surface area contributed by atoms with Crippen molar-refractivity contribution in [2.45, 2.75) is 58.9 Å². The number of esters is 1. The first kappa shape index (κ1) is 22.9. The minimum atomic E-state index is -0.947. The van der Waals surface area contributed by atoms with Gasteiger partial charge in [0.05, 0.1) is 7.11 Å². The number of nitrogens with zero attached hydrogens (tertiary/aromatic N) is 1. The summed E-state index contributed by atoms with van der Waals surface area (Å²) in [7, 11) is 1.28. The van der Waals surface area contributed by atoms with Crippen LogP contribution in [0.5, 0.6) is 0 Å². The third-order valence-corrected chi connectivity index (χ3v) is 3.70. The van der Waals surface area contributed by atoms with E-state index in [1.807, 2.05) is 13.8 Å². The van der Waals surface area contributed by atoms with Gasteiger partial charge in [0.25, 0.3) is 0 Å². The van der Waals surface area contributed by atoms with Crippen LogP contribution in [0.4, 0.5) is 0 Å². The maximum Gasteiger partial charge on any atom is 0.305 e. The molecule has 0 saturated carbocycles. The molecule has 2 amide bonds. The Labute approximate surface area is 148 Å². The van der Waals surface area contributed by atoms with Crippen LogP contribution in [0.1, 0.15) is 52.9 Å². The van der Waals surface area contributed by atoms with Crippen LogP contribution < -0.4 is 5.32 Å². The van der Waals surface area contributed by atoms with Crippen molar-refractivity contribution in [3.8, 4) is 0 Å². The molecule has 0 spiro atoms. The molecule has 25 heavy (non-hydrogen) atoms. The maximum atomic E-state index is 12.6. The van der Waals surface area contributed by atoms with Crippen LogP contribution >= 0.6 is 0 Å². The summed E-state index contributed by atoms with van der Waals surface area (Å²) in [5.41, 5.74) is 0. The molecule has 0 radical (unpaired) electrons. The van der Waals surface area contributed by atoms with E-state index in [-0.39, 0.29) is 50.0 Å². The van der Waals surface area contributed by atoms with Gasteiger partial charge >= 0.3 is 11.9 Å². The van der Waals surface area contributed by atoms with Gasteiger partial charge in [-0.3, -0.25) is 19.2 Å². The van der Waals surface area contributed by atoms with Gasteiger partial charge < -0.3 is 20.1 Å². The quantitative estimate of drug-likeness (QED) is 0.507. The average molecular weight is 358 g/mol. The van der Waals surface area contributed by atoms with Crippen molar-refractivity contribution in [1.29, 1.82) is 0 Å². The molecule has 0 aromatic rings. The lowest BCUT2D eigenvalue weighted by atomic mass is 10.00. The smallest absolute Gasteiger partial charge is 0.305 e. The Balaban J connectivity index is 5.07. The van der Waals surface area contributed by atoms with Gasteiger partial charge in [0.1, 0.15) is 6.04 Å². The number of carbonyl (C=O) groups excluding carboxylic acids is 3. The van der Waals surface area contributed by atoms with Crippen molar-refractivity contribution in [3.63, 3.8) is 0 Å². The molecule has 0 rings (SSSR count). The molecule has 0 aromatic carbocycles. The maximum absolute atomic E-state index is 12.6. The Morgan fingerprint density at radius 1 is 1.08 bits per heavy atom. The van der Waals surface area contributed by atoms with E-state index >= 15 is 0 Å². The molecule has 0 bridgehead atoms. The van der Waals surface area contributed by atoms with Gasteiger partial charge in [-0.15, -0.1) is 0 Å². The Morgan fingerprint density at radius 3 is 2.20 bits per heavy atom. The number of carboxylic acid groups (broad SMARTS) is 1. The lowest BCUT2D eigenvalue weighted by molar-refractivity contribution is -0.144. The molecule has 0 aliphatic carbocycles. The topological polar surface area (TPSA) is 113 Å². The summed E-state index contributed by atoms with van der Waals surface area (Å²) in [4.78, 5) is 48.3. The van der Waals surface area contributed by atoms with Gasteiger partial charge in [-0.2, -0.15) is 0 Å². The molecule has 0 fully saturated rings. The Hall–Kier alpha value is -2.12. The molecule has 1 atom stereocenters. The molecular formula is C17H30N2O6. The highest BCUT2D eigenvalue weighted by Crippen LogP contribution is 2.15. The molecule has 0 aromatic heterocycles. The van der Waals surface area contributed by atoms with Crippen LogP contribution in [0.3, 0.4) is 0 Å². The van der Waals surface area contributed by atoms with Crippen molar-refractivity contribution in [1.82, 2.24) is 10.2 Å². The molecule has 0 saturated heterocycles. The standard InChI is InChI=1S/C17H30N2O6/c1-5-18-17(24)16(12(2)3)19(11-7-9-14(21)22)13(20)8-6-10-15(23)25-4/h12,16H,5-11H2,1-4H3,(H,18,24)(H,21,22). The van der Waals surface area contributed by atoms with E-state index < -0.39 is 18.0 Å². The zero-order valence-electron chi connectivity index (χ0n) is 15.5. The first-order chi connectivity index (χ1) is 11.7. The number of carboxylic acids is 1. The lowest BCUT2D eigenvalue weighted by Crippen LogP contribution is -2.52. The summed E-state index contributed by atoms with van der Waals surface area (Å²) in [5, 5.41) is 11.5. The van der Waals surface area contributed by atoms with Gasteiger partial charge in [0.15, 0.2) is 0 Å². The van der Waals surface area contributed by atoms with Crippen LogP contribution in [0.15, 0.2) is 0 Å². The molecule has 0 heterocycles. The van der Waals surface area contributed by atoms with Crippen molar-refractivity contribution < 1.29 is 29.0 Å². The summed E-state index contributed by atoms with van der Waals surface area (Å²) in [5.74, 6) is -1.99. The highest BCUT2D eigenvalue weighted by Gasteiger charge is 2.31. The highest BCUT2D eigenvalue weighted by atomic mass is 16.5. The largest absolute Gasteiger partial charge is 0.481 e. The third-order valence-electron chi connectivity index (χ3n) is 3.70. The number of hydrogen-bond donors (Lipinski definition) is 2. The molecule has 0 aliphatic heterocycles. The van der Waals surface area contributed by atoms with Crippen molar-refractivity contribution in [3.05, 3.63) is 0 Å². The minimum Gasteiger partial charge on any atom is -0.481 e. The monoisotopic (exact) mass is 358 g/mol. The predicted octanol–water partition coefficient (Wildman–Crippen LogP) is 1.18. The fourth-order valence-corrected chi connectivity index (χ4v) is 2.53. The van der Waals surface area contributed by atoms with Gasteiger partial charge in [-0.25, -0.2) is 0 Å². The van der Waals surface area contributed by atoms with Crippen molar-refractivity contribution in [2.24, 2.45) is 5.92 Å². The van der Waals surface area contributed by atoms with E-state index in [2.05, 4.69) is 10.1 Å². The Kier molecular flexibility index (Phi) is 11.2. The number of methoxy groups -OCH3 is 1. The van der Waals surface area contributed by atoms with Crippen LogP contribution in [0, 0.1) is 5.92 Å². The number of aliphatic carboxylic acids is 1. The van der Waals surface area contributed by atoms with Gasteiger partial charge in [-0.1, -0.05) is 13.8 Å². The first-order valence-corrected chi connectivity index (χ1v) is 8.60. The normalized spacial score (nSPS) is 11.7. The number of likely N-dealkylation sites (N-methyl/N-ethyl adjacent to an activating group) is 1. The summed E-state index contributed by atoms with van der Waals surface area (Å²) >= 11 is 0. The number of rotatable bonds is 12. The van der Waals surface area contributed by atoms with E-state index in [1.165, 1.54) is 12.0 Å². The summed E-state index contributed by atoms with van der Waals surface area (Å²) < 4.78 is 4.55. The van der Waals surface area contributed by atoms with E-state index in [1.54, 1.807) is 6.92 Å². The second kappa shape index (κ2) is 12.3. The number of ether oxygens (including phenoxy) is 1. The number of amides is 2. The van der Waals surface area contributed by atoms with Crippen molar-refractivity contribution >= 4 is 23.8 Å². The van der Waals surface area contributed by atoms with Crippen LogP contribution in [0.25, 0.3) is 0 Å². The Bertz CT molecular complexity index is 464. The fourth-order valence-electron chi connectivity index (χ4n) is 2.53. The second-order valence-electron chi connectivity index (χ2n) is 6.10. The zero-order chi connectivity index (χ0) is 19.4. The zero-order valence-corrected chi connectivity index (χ0v) is 15.5. The van der Waals surface area contributed by atoms with Crippen LogP contribution in [0.2, 0.25) is 0 Å². The fraction of sp³-hybridized carbons (Fsp3) is 0.765. The SMILES string of the molecule is CCNC(=O)C(C(C)C)N(CCCC(=O)O)C(=O)CCCC(=O)OC. The summed E-state index contributed by atoms with van der Waals surface area (Å²) in [6.07, 6.45) is 0.734. The minimum absolute atomic E-state index is 0.0772. The predicted molar refractivity (Wildman–Crippen MR) is 91.8 cm³/mol. The third kappa shape index (κ3) is 9.07. The van der Waals surface area contributed by atoms with E-state index in [9.17, 15) is 19.2 Å². The second-order valence-corrected chi connectivity index (χ2v) is 6.10. The van der Waals surface area contributed by atoms with Gasteiger partial charge in [0.2, 0.25) is 11.8 Å². The lowest BCUT2D eigenvalue weighted by Gasteiger charge is -2.33. The molecule has 2 N–H and O–H groups in total. The van der Waals surface area contributed by atoms with E-state index in [0.717, 1.165) is 0 Å².